The van der Waals surface area contributed by atoms with E-state index in [1.165, 1.54) is 28.3 Å². The van der Waals surface area contributed by atoms with E-state index in [9.17, 15) is 8.60 Å². The molecule has 0 amide bonds. The Bertz CT molecular complexity index is 796. The highest BCUT2D eigenvalue weighted by Crippen LogP contribution is 2.40. The summed E-state index contributed by atoms with van der Waals surface area (Å²) in [7, 11) is 0. The largest absolute Gasteiger partial charge is 0.306 e. The molecule has 1 aliphatic carbocycles. The molecule has 1 aliphatic rings. The molecule has 2 aromatic rings. The third kappa shape index (κ3) is 3.59. The maximum absolute atomic E-state index is 14.2. The normalized spacial score (nSPS) is 16.0. The van der Waals surface area contributed by atoms with Gasteiger partial charge in [0.05, 0.1) is 5.75 Å². The van der Waals surface area contributed by atoms with Crippen LogP contribution in [0.3, 0.4) is 0 Å². The van der Waals surface area contributed by atoms with Crippen molar-refractivity contribution in [3.05, 3.63) is 70.5 Å². The number of rotatable bonds is 4. The average molecular weight is 330 g/mol. The van der Waals surface area contributed by atoms with Crippen molar-refractivity contribution < 1.29 is 13.2 Å². The topological polar surface area (TPSA) is 37.3 Å². The Kier molecular flexibility index (Phi) is 4.74. The van der Waals surface area contributed by atoms with Crippen molar-refractivity contribution in [3.8, 4) is 0 Å². The van der Waals surface area contributed by atoms with Gasteiger partial charge in [0.2, 0.25) is 0 Å². The number of allylic oxidation sites excluding steroid dienone is 2. The molecule has 0 bridgehead atoms. The molecular weight excluding hydrogens is 311 g/mol. The third-order valence-corrected chi connectivity index (χ3v) is 4.82. The van der Waals surface area contributed by atoms with Gasteiger partial charge in [0.25, 0.3) is 0 Å². The molecule has 120 valence electrons. The molecule has 0 heterocycles. The van der Waals surface area contributed by atoms with Gasteiger partial charge in [-0.05, 0) is 54.5 Å². The second-order valence-corrected chi connectivity index (χ2v) is 6.88. The van der Waals surface area contributed by atoms with E-state index in [0.717, 1.165) is 24.8 Å². The molecule has 0 radical (unpaired) electrons. The van der Waals surface area contributed by atoms with E-state index in [0.29, 0.717) is 0 Å². The fraction of sp³-hybridized carbons (Fsp3) is 0.263. The summed E-state index contributed by atoms with van der Waals surface area (Å²) in [4.78, 5) is 0. The van der Waals surface area contributed by atoms with E-state index < -0.39 is 16.9 Å². The molecule has 2 nitrogen and oxygen atoms in total. The van der Waals surface area contributed by atoms with E-state index in [4.69, 9.17) is 4.55 Å². The molecule has 1 unspecified atom stereocenters. The lowest BCUT2D eigenvalue weighted by Crippen LogP contribution is -1.98. The Morgan fingerprint density at radius 1 is 1.09 bits per heavy atom. The second-order valence-electron chi connectivity index (χ2n) is 5.95. The molecule has 2 aromatic carbocycles. The van der Waals surface area contributed by atoms with Crippen LogP contribution in [0.5, 0.6) is 0 Å². The fourth-order valence-electron chi connectivity index (χ4n) is 3.20. The molecule has 0 saturated carbocycles. The van der Waals surface area contributed by atoms with Gasteiger partial charge in [-0.2, -0.15) is 0 Å². The average Bonchev–Trinajstić information content (AvgIpc) is 2.98. The molecule has 0 saturated heterocycles. The predicted octanol–water partition coefficient (Wildman–Crippen LogP) is 4.95. The van der Waals surface area contributed by atoms with Crippen LogP contribution in [0.1, 0.15) is 41.5 Å². The Labute approximate surface area is 138 Å². The maximum atomic E-state index is 14.2. The maximum Gasteiger partial charge on any atom is 0.157 e. The van der Waals surface area contributed by atoms with Crippen LogP contribution >= 0.6 is 0 Å². The second kappa shape index (κ2) is 6.77. The smallest absolute Gasteiger partial charge is 0.157 e. The quantitative estimate of drug-likeness (QED) is 0.805. The first-order valence-corrected chi connectivity index (χ1v) is 8.97. The van der Waals surface area contributed by atoms with Gasteiger partial charge in [-0.1, -0.05) is 42.0 Å². The predicted molar refractivity (Wildman–Crippen MR) is 92.7 cm³/mol. The summed E-state index contributed by atoms with van der Waals surface area (Å²) in [5.74, 6) is -0.580. The number of halogens is 1. The minimum Gasteiger partial charge on any atom is -0.306 e. The van der Waals surface area contributed by atoms with Crippen LogP contribution in [-0.4, -0.2) is 8.76 Å². The van der Waals surface area contributed by atoms with Gasteiger partial charge in [0.15, 0.2) is 11.1 Å². The molecule has 4 heteroatoms. The van der Waals surface area contributed by atoms with E-state index in [1.54, 1.807) is 6.07 Å². The minimum atomic E-state index is -2.03. The summed E-state index contributed by atoms with van der Waals surface area (Å²) in [6, 6.07) is 13.4. The third-order valence-electron chi connectivity index (χ3n) is 4.26. The Morgan fingerprint density at radius 3 is 2.39 bits per heavy atom. The van der Waals surface area contributed by atoms with Gasteiger partial charge < -0.3 is 4.55 Å². The van der Waals surface area contributed by atoms with Crippen LogP contribution < -0.4 is 0 Å². The zero-order valence-electron chi connectivity index (χ0n) is 13.0. The first-order chi connectivity index (χ1) is 11.0. The van der Waals surface area contributed by atoms with Crippen molar-refractivity contribution in [1.82, 2.24) is 0 Å². The van der Waals surface area contributed by atoms with Crippen LogP contribution in [0.4, 0.5) is 4.39 Å². The first-order valence-electron chi connectivity index (χ1n) is 7.70. The Hall–Kier alpha value is -1.78. The van der Waals surface area contributed by atoms with Crippen molar-refractivity contribution in [2.75, 3.05) is 0 Å². The molecule has 1 atom stereocenters. The summed E-state index contributed by atoms with van der Waals surface area (Å²) in [6.07, 6.45) is 3.01. The number of benzene rings is 2. The molecule has 23 heavy (non-hydrogen) atoms. The van der Waals surface area contributed by atoms with Gasteiger partial charge in [-0.15, -0.1) is 0 Å². The van der Waals surface area contributed by atoms with Gasteiger partial charge in [-0.3, -0.25) is 0 Å². The van der Waals surface area contributed by atoms with E-state index in [2.05, 4.69) is 25.1 Å². The highest BCUT2D eigenvalue weighted by Gasteiger charge is 2.19. The lowest BCUT2D eigenvalue weighted by atomic mass is 9.95. The van der Waals surface area contributed by atoms with Gasteiger partial charge in [-0.25, -0.2) is 8.60 Å². The van der Waals surface area contributed by atoms with E-state index in [-0.39, 0.29) is 11.3 Å². The van der Waals surface area contributed by atoms with Crippen molar-refractivity contribution in [1.29, 1.82) is 0 Å². The number of hydrogen-bond acceptors (Lipinski definition) is 1. The molecule has 0 aromatic heterocycles. The molecule has 0 spiro atoms. The number of aryl methyl sites for hydroxylation is 1. The zero-order chi connectivity index (χ0) is 16.4. The fourth-order valence-corrected chi connectivity index (χ4v) is 3.70. The van der Waals surface area contributed by atoms with E-state index in [1.807, 2.05) is 12.1 Å². The molecule has 1 N–H and O–H groups in total. The van der Waals surface area contributed by atoms with Gasteiger partial charge >= 0.3 is 0 Å². The van der Waals surface area contributed by atoms with Gasteiger partial charge in [0, 0.05) is 5.56 Å². The monoisotopic (exact) mass is 330 g/mol. The SMILES string of the molecule is Cc1cccc(C2=C(c3ccc(CS(=O)O)c(F)c3)CCC2)c1. The summed E-state index contributed by atoms with van der Waals surface area (Å²) in [6.45, 7) is 2.07. The lowest BCUT2D eigenvalue weighted by Gasteiger charge is -2.10. The minimum absolute atomic E-state index is 0.171. The van der Waals surface area contributed by atoms with Crippen LogP contribution in [0.25, 0.3) is 11.1 Å². The summed E-state index contributed by atoms with van der Waals surface area (Å²) in [5, 5.41) is 0. The van der Waals surface area contributed by atoms with Crippen LogP contribution in [0.2, 0.25) is 0 Å². The van der Waals surface area contributed by atoms with Gasteiger partial charge in [0.1, 0.15) is 5.82 Å². The summed E-state index contributed by atoms with van der Waals surface area (Å²) in [5.41, 5.74) is 6.05. The zero-order valence-corrected chi connectivity index (χ0v) is 13.8. The standard InChI is InChI=1S/C19H19FO2S/c1-13-4-2-5-14(10-13)17-6-3-7-18(17)15-8-9-16(12-23(21)22)19(20)11-15/h2,4-5,8-11H,3,6-7,12H2,1H3,(H,21,22). The highest BCUT2D eigenvalue weighted by atomic mass is 32.2. The lowest BCUT2D eigenvalue weighted by molar-refractivity contribution is 0.559. The van der Waals surface area contributed by atoms with Crippen molar-refractivity contribution in [3.63, 3.8) is 0 Å². The van der Waals surface area contributed by atoms with E-state index >= 15 is 0 Å². The molecule has 0 aliphatic heterocycles. The number of hydrogen-bond donors (Lipinski definition) is 1. The van der Waals surface area contributed by atoms with Crippen molar-refractivity contribution >= 4 is 22.2 Å². The van der Waals surface area contributed by atoms with Crippen molar-refractivity contribution in [2.24, 2.45) is 0 Å². The summed E-state index contributed by atoms with van der Waals surface area (Å²) >= 11 is -2.03. The van der Waals surface area contributed by atoms with Crippen molar-refractivity contribution in [2.45, 2.75) is 31.9 Å². The first kappa shape index (κ1) is 16.1. The molecule has 0 fully saturated rings. The highest BCUT2D eigenvalue weighted by molar-refractivity contribution is 7.78. The summed E-state index contributed by atoms with van der Waals surface area (Å²) < 4.78 is 34.0. The Balaban J connectivity index is 2.00. The van der Waals surface area contributed by atoms with Crippen LogP contribution in [-0.2, 0) is 16.8 Å². The van der Waals surface area contributed by atoms with Crippen LogP contribution in [0.15, 0.2) is 42.5 Å². The van der Waals surface area contributed by atoms with Crippen LogP contribution in [0, 0.1) is 12.7 Å². The molecule has 3 rings (SSSR count). The molecular formula is C19H19FO2S. The Morgan fingerprint density at radius 2 is 1.78 bits per heavy atom.